The van der Waals surface area contributed by atoms with Crippen molar-refractivity contribution in [1.29, 1.82) is 0 Å². The summed E-state index contributed by atoms with van der Waals surface area (Å²) in [7, 11) is -3.94. The van der Waals surface area contributed by atoms with Gasteiger partial charge >= 0.3 is 0 Å². The monoisotopic (exact) mass is 336 g/mol. The molecule has 2 N–H and O–H groups in total. The summed E-state index contributed by atoms with van der Waals surface area (Å²) in [5.74, 6) is -0.512. The number of carbonyl (C=O) groups excluding carboxylic acids is 1. The molecule has 0 aliphatic carbocycles. The first-order valence-corrected chi connectivity index (χ1v) is 8.20. The molecule has 2 aromatic carbocycles. The average molecular weight is 336 g/mol. The van der Waals surface area contributed by atoms with Crippen LogP contribution in [-0.4, -0.2) is 20.9 Å². The fraction of sp³-hybridized carbons (Fsp3) is 0.133. The number of rotatable bonds is 3. The second-order valence-corrected chi connectivity index (χ2v) is 6.68. The largest absolute Gasteiger partial charge is 0.481 e. The van der Waals surface area contributed by atoms with Crippen LogP contribution in [0.4, 0.5) is 15.8 Å². The number of amides is 1. The predicted octanol–water partition coefficient (Wildman–Crippen LogP) is 2.27. The van der Waals surface area contributed by atoms with Gasteiger partial charge in [0, 0.05) is 0 Å². The second-order valence-electron chi connectivity index (χ2n) is 5.03. The number of ether oxygens (including phenoxy) is 1. The number of nitrogens with one attached hydrogen (secondary N) is 2. The van der Waals surface area contributed by atoms with Crippen molar-refractivity contribution in [3.05, 3.63) is 47.8 Å². The fourth-order valence-corrected chi connectivity index (χ4v) is 3.60. The van der Waals surface area contributed by atoms with Crippen molar-refractivity contribution in [2.45, 2.75) is 11.8 Å². The van der Waals surface area contributed by atoms with Gasteiger partial charge in [-0.05, 0) is 42.8 Å². The third-order valence-corrected chi connectivity index (χ3v) is 4.85. The summed E-state index contributed by atoms with van der Waals surface area (Å²) in [6, 6.07) is 8.13. The van der Waals surface area contributed by atoms with Gasteiger partial charge in [0.2, 0.25) is 0 Å². The van der Waals surface area contributed by atoms with E-state index in [1.807, 2.05) is 0 Å². The number of benzene rings is 2. The first-order chi connectivity index (χ1) is 10.9. The van der Waals surface area contributed by atoms with Crippen LogP contribution >= 0.6 is 0 Å². The van der Waals surface area contributed by atoms with Crippen molar-refractivity contribution in [1.82, 2.24) is 0 Å². The van der Waals surface area contributed by atoms with Gasteiger partial charge in [-0.15, -0.1) is 0 Å². The lowest BCUT2D eigenvalue weighted by Gasteiger charge is -2.21. The Bertz CT molecular complexity index is 896. The fourth-order valence-electron chi connectivity index (χ4n) is 2.30. The summed E-state index contributed by atoms with van der Waals surface area (Å²) in [4.78, 5) is 11.4. The molecule has 3 rings (SSSR count). The smallest absolute Gasteiger partial charge is 0.262 e. The van der Waals surface area contributed by atoms with Gasteiger partial charge in [-0.1, -0.05) is 6.07 Å². The van der Waals surface area contributed by atoms with E-state index in [2.05, 4.69) is 10.0 Å². The Kier molecular flexibility index (Phi) is 3.69. The standard InChI is InChI=1S/C15H13FN2O4S/c1-9-7-10(16)5-6-13(9)23(20,21)18-11-3-2-4-12-15(11)17-14(19)8-22-12/h2-7,18H,8H2,1H3,(H,17,19). The highest BCUT2D eigenvalue weighted by Gasteiger charge is 2.23. The van der Waals surface area contributed by atoms with Gasteiger partial charge in [-0.25, -0.2) is 12.8 Å². The highest BCUT2D eigenvalue weighted by molar-refractivity contribution is 7.92. The Morgan fingerprint density at radius 2 is 2.04 bits per heavy atom. The van der Waals surface area contributed by atoms with Gasteiger partial charge in [0.1, 0.15) is 17.3 Å². The van der Waals surface area contributed by atoms with E-state index in [1.54, 1.807) is 12.1 Å². The molecule has 0 fully saturated rings. The molecule has 0 saturated carbocycles. The molecule has 0 aromatic heterocycles. The Labute approximate surface area is 132 Å². The van der Waals surface area contributed by atoms with Gasteiger partial charge in [0.15, 0.2) is 6.61 Å². The molecule has 2 aromatic rings. The van der Waals surface area contributed by atoms with E-state index in [-0.39, 0.29) is 34.3 Å². The molecule has 23 heavy (non-hydrogen) atoms. The molecule has 1 amide bonds. The maximum atomic E-state index is 13.2. The van der Waals surface area contributed by atoms with Crippen LogP contribution in [0.5, 0.6) is 5.75 Å². The molecule has 0 bridgehead atoms. The van der Waals surface area contributed by atoms with Crippen LogP contribution < -0.4 is 14.8 Å². The van der Waals surface area contributed by atoms with E-state index in [0.717, 1.165) is 12.1 Å². The van der Waals surface area contributed by atoms with Crippen molar-refractivity contribution in [3.8, 4) is 5.75 Å². The Morgan fingerprint density at radius 1 is 1.26 bits per heavy atom. The molecule has 8 heteroatoms. The molecule has 0 atom stereocenters. The molecular formula is C15H13FN2O4S. The average Bonchev–Trinajstić information content (AvgIpc) is 2.47. The van der Waals surface area contributed by atoms with E-state index in [9.17, 15) is 17.6 Å². The van der Waals surface area contributed by atoms with Gasteiger partial charge in [0.05, 0.1) is 10.6 Å². The van der Waals surface area contributed by atoms with Crippen molar-refractivity contribution in [3.63, 3.8) is 0 Å². The van der Waals surface area contributed by atoms with Gasteiger partial charge in [0.25, 0.3) is 15.9 Å². The van der Waals surface area contributed by atoms with E-state index in [4.69, 9.17) is 4.74 Å². The SMILES string of the molecule is Cc1cc(F)ccc1S(=O)(=O)Nc1cccc2c1NC(=O)CO2. The number of hydrogen-bond acceptors (Lipinski definition) is 4. The number of fused-ring (bicyclic) bond motifs is 1. The van der Waals surface area contributed by atoms with Crippen molar-refractivity contribution < 1.29 is 22.3 Å². The molecule has 0 unspecified atom stereocenters. The lowest BCUT2D eigenvalue weighted by Crippen LogP contribution is -2.26. The number of para-hydroxylation sites is 1. The van der Waals surface area contributed by atoms with Gasteiger partial charge < -0.3 is 10.1 Å². The third kappa shape index (κ3) is 2.98. The van der Waals surface area contributed by atoms with Crippen LogP contribution in [0.2, 0.25) is 0 Å². The highest BCUT2D eigenvalue weighted by atomic mass is 32.2. The Hall–Kier alpha value is -2.61. The normalized spacial score (nSPS) is 13.7. The maximum Gasteiger partial charge on any atom is 0.262 e. The predicted molar refractivity (Wildman–Crippen MR) is 82.5 cm³/mol. The van der Waals surface area contributed by atoms with E-state index >= 15 is 0 Å². The van der Waals surface area contributed by atoms with E-state index in [1.165, 1.54) is 19.1 Å². The topological polar surface area (TPSA) is 84.5 Å². The van der Waals surface area contributed by atoms with Crippen LogP contribution in [-0.2, 0) is 14.8 Å². The minimum atomic E-state index is -3.94. The zero-order chi connectivity index (χ0) is 16.6. The minimum Gasteiger partial charge on any atom is -0.481 e. The number of hydrogen-bond donors (Lipinski definition) is 2. The summed E-state index contributed by atoms with van der Waals surface area (Å²) >= 11 is 0. The quantitative estimate of drug-likeness (QED) is 0.900. The molecule has 120 valence electrons. The number of halogens is 1. The summed E-state index contributed by atoms with van der Waals surface area (Å²) in [6.45, 7) is 1.38. The zero-order valence-corrected chi connectivity index (χ0v) is 12.9. The summed E-state index contributed by atoms with van der Waals surface area (Å²) < 4.78 is 45.8. The first-order valence-electron chi connectivity index (χ1n) is 6.71. The lowest BCUT2D eigenvalue weighted by atomic mass is 10.2. The molecule has 0 radical (unpaired) electrons. The van der Waals surface area contributed by atoms with E-state index < -0.39 is 15.8 Å². The van der Waals surface area contributed by atoms with Crippen LogP contribution in [0, 0.1) is 12.7 Å². The maximum absolute atomic E-state index is 13.2. The van der Waals surface area contributed by atoms with E-state index in [0.29, 0.717) is 5.75 Å². The van der Waals surface area contributed by atoms with Gasteiger partial charge in [-0.3, -0.25) is 9.52 Å². The number of anilines is 2. The molecule has 1 aliphatic heterocycles. The summed E-state index contributed by atoms with van der Waals surface area (Å²) in [5, 5.41) is 2.58. The molecule has 1 heterocycles. The molecule has 6 nitrogen and oxygen atoms in total. The number of carbonyl (C=O) groups is 1. The Balaban J connectivity index is 2.00. The molecule has 0 saturated heterocycles. The van der Waals surface area contributed by atoms with Crippen LogP contribution in [0.25, 0.3) is 0 Å². The second kappa shape index (κ2) is 5.54. The van der Waals surface area contributed by atoms with Crippen molar-refractivity contribution in [2.75, 3.05) is 16.6 Å². The molecule has 0 spiro atoms. The zero-order valence-electron chi connectivity index (χ0n) is 12.1. The molecular weight excluding hydrogens is 323 g/mol. The van der Waals surface area contributed by atoms with Gasteiger partial charge in [-0.2, -0.15) is 0 Å². The highest BCUT2D eigenvalue weighted by Crippen LogP contribution is 2.36. The van der Waals surface area contributed by atoms with Crippen LogP contribution in [0.3, 0.4) is 0 Å². The first kappa shape index (κ1) is 15.3. The van der Waals surface area contributed by atoms with Crippen LogP contribution in [0.1, 0.15) is 5.56 Å². The Morgan fingerprint density at radius 3 is 2.78 bits per heavy atom. The number of sulfonamides is 1. The van der Waals surface area contributed by atoms with Crippen LogP contribution in [0.15, 0.2) is 41.3 Å². The van der Waals surface area contributed by atoms with Crippen molar-refractivity contribution >= 4 is 27.3 Å². The third-order valence-electron chi connectivity index (χ3n) is 3.32. The molecule has 1 aliphatic rings. The summed E-state index contributed by atoms with van der Waals surface area (Å²) in [6.07, 6.45) is 0. The number of aryl methyl sites for hydroxylation is 1. The minimum absolute atomic E-state index is 0.0421. The summed E-state index contributed by atoms with van der Waals surface area (Å²) in [5.41, 5.74) is 0.717. The lowest BCUT2D eigenvalue weighted by molar-refractivity contribution is -0.118. The van der Waals surface area contributed by atoms with Crippen molar-refractivity contribution in [2.24, 2.45) is 0 Å².